The van der Waals surface area contributed by atoms with Crippen LogP contribution in [0.5, 0.6) is 0 Å². The topological polar surface area (TPSA) is 72.5 Å². The second-order valence-corrected chi connectivity index (χ2v) is 5.69. The number of ether oxygens (including phenoxy) is 1. The van der Waals surface area contributed by atoms with Crippen molar-refractivity contribution in [2.45, 2.75) is 18.9 Å². The molecule has 1 aliphatic rings. The molecule has 1 saturated carbocycles. The van der Waals surface area contributed by atoms with Gasteiger partial charge in [0.05, 0.1) is 5.56 Å². The number of amides is 1. The number of hydrogen-bond donors (Lipinski definition) is 1. The van der Waals surface area contributed by atoms with Crippen molar-refractivity contribution in [3.8, 4) is 0 Å². The van der Waals surface area contributed by atoms with Crippen molar-refractivity contribution in [1.82, 2.24) is 5.32 Å². The second-order valence-electron chi connectivity index (χ2n) is 5.69. The van der Waals surface area contributed by atoms with Crippen LogP contribution in [0.1, 0.15) is 39.1 Å². The lowest BCUT2D eigenvalue weighted by Crippen LogP contribution is -2.30. The van der Waals surface area contributed by atoms with Gasteiger partial charge in [0.15, 0.2) is 12.4 Å². The van der Waals surface area contributed by atoms with Gasteiger partial charge in [-0.2, -0.15) is 0 Å². The summed E-state index contributed by atoms with van der Waals surface area (Å²) < 4.78 is 4.97. The minimum absolute atomic E-state index is 0.112. The van der Waals surface area contributed by atoms with E-state index in [1.54, 1.807) is 36.4 Å². The summed E-state index contributed by atoms with van der Waals surface area (Å²) in [6.45, 7) is -0.292. The van der Waals surface area contributed by atoms with Crippen LogP contribution in [-0.4, -0.2) is 30.3 Å². The van der Waals surface area contributed by atoms with E-state index >= 15 is 0 Å². The van der Waals surface area contributed by atoms with Gasteiger partial charge in [0.1, 0.15) is 0 Å². The molecular formula is C19H17NO4. The maximum absolute atomic E-state index is 12.3. The number of hydrogen-bond acceptors (Lipinski definition) is 4. The van der Waals surface area contributed by atoms with Crippen molar-refractivity contribution >= 4 is 17.7 Å². The highest BCUT2D eigenvalue weighted by atomic mass is 16.5. The van der Waals surface area contributed by atoms with E-state index in [-0.39, 0.29) is 24.3 Å². The largest absolute Gasteiger partial charge is 0.452 e. The van der Waals surface area contributed by atoms with E-state index in [4.69, 9.17) is 4.74 Å². The van der Waals surface area contributed by atoms with Crippen molar-refractivity contribution in [3.05, 3.63) is 71.3 Å². The fourth-order valence-electron chi connectivity index (χ4n) is 2.23. The van der Waals surface area contributed by atoms with E-state index in [1.165, 1.54) is 12.1 Å². The molecule has 1 N–H and O–H groups in total. The number of carbonyl (C=O) groups is 3. The lowest BCUT2D eigenvalue weighted by Gasteiger charge is -2.06. The predicted molar refractivity (Wildman–Crippen MR) is 87.8 cm³/mol. The molecule has 0 aliphatic heterocycles. The van der Waals surface area contributed by atoms with Gasteiger partial charge in [-0.05, 0) is 25.0 Å². The maximum atomic E-state index is 12.3. The SMILES string of the molecule is O=C(COC(=O)c1ccc(C(=O)c2ccccc2)cc1)NC1CC1. The molecule has 0 radical (unpaired) electrons. The van der Waals surface area contributed by atoms with E-state index in [2.05, 4.69) is 5.32 Å². The van der Waals surface area contributed by atoms with Crippen LogP contribution in [0.2, 0.25) is 0 Å². The molecule has 1 amide bonds. The summed E-state index contributed by atoms with van der Waals surface area (Å²) in [5, 5.41) is 2.74. The normalized spacial score (nSPS) is 13.2. The number of esters is 1. The van der Waals surface area contributed by atoms with Crippen molar-refractivity contribution in [3.63, 3.8) is 0 Å². The summed E-state index contributed by atoms with van der Waals surface area (Å²) in [7, 11) is 0. The molecule has 2 aromatic carbocycles. The Morgan fingerprint density at radius 3 is 2.08 bits per heavy atom. The van der Waals surface area contributed by atoms with Gasteiger partial charge in [-0.15, -0.1) is 0 Å². The highest BCUT2D eigenvalue weighted by molar-refractivity contribution is 6.09. The third-order valence-electron chi connectivity index (χ3n) is 3.70. The Morgan fingerprint density at radius 1 is 0.875 bits per heavy atom. The van der Waals surface area contributed by atoms with Gasteiger partial charge in [-0.25, -0.2) is 4.79 Å². The van der Waals surface area contributed by atoms with Gasteiger partial charge >= 0.3 is 5.97 Å². The standard InChI is InChI=1S/C19H17NO4/c21-17(20-16-10-11-16)12-24-19(23)15-8-6-14(7-9-15)18(22)13-4-2-1-3-5-13/h1-9,16H,10-12H2,(H,20,21). The third-order valence-corrected chi connectivity index (χ3v) is 3.70. The lowest BCUT2D eigenvalue weighted by molar-refractivity contribution is -0.124. The number of carbonyl (C=O) groups excluding carboxylic acids is 3. The Labute approximate surface area is 139 Å². The van der Waals surface area contributed by atoms with Gasteiger partial charge in [0.2, 0.25) is 0 Å². The van der Waals surface area contributed by atoms with Gasteiger partial charge < -0.3 is 10.1 Å². The van der Waals surface area contributed by atoms with Crippen molar-refractivity contribution in [2.24, 2.45) is 0 Å². The smallest absolute Gasteiger partial charge is 0.338 e. The first kappa shape index (κ1) is 15.9. The van der Waals surface area contributed by atoms with E-state index in [9.17, 15) is 14.4 Å². The monoisotopic (exact) mass is 323 g/mol. The quantitative estimate of drug-likeness (QED) is 0.654. The second kappa shape index (κ2) is 7.08. The van der Waals surface area contributed by atoms with Crippen LogP contribution in [0.4, 0.5) is 0 Å². The lowest BCUT2D eigenvalue weighted by atomic mass is 10.0. The molecule has 0 heterocycles. The predicted octanol–water partition coefficient (Wildman–Crippen LogP) is 2.35. The van der Waals surface area contributed by atoms with Gasteiger partial charge in [-0.3, -0.25) is 9.59 Å². The van der Waals surface area contributed by atoms with Crippen molar-refractivity contribution < 1.29 is 19.1 Å². The number of ketones is 1. The molecule has 0 saturated heterocycles. The minimum atomic E-state index is -0.584. The molecule has 5 nitrogen and oxygen atoms in total. The molecule has 2 aromatic rings. The van der Waals surface area contributed by atoms with E-state index in [0.717, 1.165) is 12.8 Å². The molecule has 3 rings (SSSR count). The molecule has 122 valence electrons. The molecular weight excluding hydrogens is 306 g/mol. The number of rotatable bonds is 6. The fraction of sp³-hybridized carbons (Fsp3) is 0.211. The highest BCUT2D eigenvalue weighted by Gasteiger charge is 2.23. The minimum Gasteiger partial charge on any atom is -0.452 e. The Bertz CT molecular complexity index is 749. The molecule has 0 bridgehead atoms. The summed E-state index contributed by atoms with van der Waals surface area (Å²) in [6.07, 6.45) is 1.97. The van der Waals surface area contributed by atoms with E-state index in [1.807, 2.05) is 6.07 Å². The molecule has 1 fully saturated rings. The maximum Gasteiger partial charge on any atom is 0.338 e. The Kier molecular flexibility index (Phi) is 4.70. The van der Waals surface area contributed by atoms with E-state index in [0.29, 0.717) is 16.7 Å². The third kappa shape index (κ3) is 4.07. The van der Waals surface area contributed by atoms with Crippen LogP contribution >= 0.6 is 0 Å². The zero-order chi connectivity index (χ0) is 16.9. The zero-order valence-electron chi connectivity index (χ0n) is 13.0. The van der Waals surface area contributed by atoms with Crippen molar-refractivity contribution in [1.29, 1.82) is 0 Å². The molecule has 5 heteroatoms. The first-order valence-corrected chi connectivity index (χ1v) is 7.80. The summed E-state index contributed by atoms with van der Waals surface area (Å²) in [5.74, 6) is -0.985. The van der Waals surface area contributed by atoms with Crippen LogP contribution in [-0.2, 0) is 9.53 Å². The first-order chi connectivity index (χ1) is 11.6. The molecule has 1 aliphatic carbocycles. The Balaban J connectivity index is 1.58. The molecule has 0 aromatic heterocycles. The highest BCUT2D eigenvalue weighted by Crippen LogP contribution is 2.18. The van der Waals surface area contributed by atoms with E-state index < -0.39 is 5.97 Å². The van der Waals surface area contributed by atoms with Crippen molar-refractivity contribution in [2.75, 3.05) is 6.61 Å². The van der Waals surface area contributed by atoms with Gasteiger partial charge in [0.25, 0.3) is 5.91 Å². The summed E-state index contributed by atoms with van der Waals surface area (Å²) in [6, 6.07) is 15.4. The van der Waals surface area contributed by atoms with Crippen LogP contribution in [0, 0.1) is 0 Å². The molecule has 0 atom stereocenters. The Morgan fingerprint density at radius 2 is 1.46 bits per heavy atom. The number of nitrogens with one attached hydrogen (secondary N) is 1. The summed E-state index contributed by atoms with van der Waals surface area (Å²) in [5.41, 5.74) is 1.38. The molecule has 24 heavy (non-hydrogen) atoms. The summed E-state index contributed by atoms with van der Waals surface area (Å²) >= 11 is 0. The molecule has 0 spiro atoms. The average molecular weight is 323 g/mol. The Hall–Kier alpha value is -2.95. The van der Waals surface area contributed by atoms with Crippen LogP contribution in [0.25, 0.3) is 0 Å². The van der Waals surface area contributed by atoms with Crippen LogP contribution in [0.3, 0.4) is 0 Å². The average Bonchev–Trinajstić information content (AvgIpc) is 3.44. The first-order valence-electron chi connectivity index (χ1n) is 7.80. The number of benzene rings is 2. The summed E-state index contributed by atoms with van der Waals surface area (Å²) in [4.78, 5) is 35.7. The van der Waals surface area contributed by atoms with Crippen LogP contribution < -0.4 is 5.32 Å². The van der Waals surface area contributed by atoms with Gasteiger partial charge in [0, 0.05) is 17.2 Å². The van der Waals surface area contributed by atoms with Gasteiger partial charge in [-0.1, -0.05) is 42.5 Å². The molecule has 0 unspecified atom stereocenters. The fourth-order valence-corrected chi connectivity index (χ4v) is 2.23. The zero-order valence-corrected chi connectivity index (χ0v) is 13.0. The van der Waals surface area contributed by atoms with Crippen LogP contribution in [0.15, 0.2) is 54.6 Å².